The number of piperidine rings is 3. The Hall–Kier alpha value is -0.830. The highest BCUT2D eigenvalue weighted by Crippen LogP contribution is 2.39. The fraction of sp³-hybridized carbons (Fsp3) is 0.920. The molecule has 0 aromatic carbocycles. The van der Waals surface area contributed by atoms with Crippen LogP contribution in [0.3, 0.4) is 0 Å². The zero-order valence-corrected chi connectivity index (χ0v) is 23.8. The Bertz CT molecular complexity index is 884. The average molecular weight is 597 g/mol. The summed E-state index contributed by atoms with van der Waals surface area (Å²) in [5.41, 5.74) is -0.431. The minimum atomic E-state index is -2.60. The van der Waals surface area contributed by atoms with Gasteiger partial charge in [0, 0.05) is 63.1 Å². The lowest BCUT2D eigenvalue weighted by Gasteiger charge is -2.45. The minimum Gasteiger partial charge on any atom is -0.380 e. The van der Waals surface area contributed by atoms with Crippen molar-refractivity contribution in [2.24, 2.45) is 23.7 Å². The molecule has 12 unspecified atom stereocenters. The largest absolute Gasteiger partial charge is 0.380 e. The van der Waals surface area contributed by atoms with Gasteiger partial charge >= 0.3 is 0 Å². The maximum atomic E-state index is 14.6. The van der Waals surface area contributed by atoms with Crippen molar-refractivity contribution in [3.05, 3.63) is 0 Å². The number of hydrogen-bond acceptors (Lipinski definition) is 8. The molecule has 5 rings (SSSR count). The summed E-state index contributed by atoms with van der Waals surface area (Å²) in [6.45, 7) is 4.12. The molecule has 14 heteroatoms. The lowest BCUT2D eigenvalue weighted by molar-refractivity contribution is -0.136. The number of thioether (sulfide) groups is 1. The number of halogens is 4. The summed E-state index contributed by atoms with van der Waals surface area (Å²) in [7, 11) is 1.71. The monoisotopic (exact) mass is 596 g/mol. The summed E-state index contributed by atoms with van der Waals surface area (Å²) in [6, 6.07) is -0.832. The van der Waals surface area contributed by atoms with E-state index >= 15 is 0 Å². The van der Waals surface area contributed by atoms with Gasteiger partial charge in [0.1, 0.15) is 17.7 Å². The summed E-state index contributed by atoms with van der Waals surface area (Å²) >= 11 is 8.00. The van der Waals surface area contributed by atoms with Crippen LogP contribution in [0.5, 0.6) is 0 Å². The number of fused-ring (bicyclic) bond motifs is 1. The maximum Gasteiger partial charge on any atom is 0.242 e. The van der Waals surface area contributed by atoms with E-state index in [1.165, 1.54) is 0 Å². The van der Waals surface area contributed by atoms with Gasteiger partial charge < -0.3 is 25.6 Å². The van der Waals surface area contributed by atoms with Gasteiger partial charge in [0.05, 0.1) is 17.5 Å². The Morgan fingerprint density at radius 2 is 1.87 bits per heavy atom. The van der Waals surface area contributed by atoms with Crippen LogP contribution in [0, 0.1) is 23.7 Å². The molecule has 2 amide bonds. The quantitative estimate of drug-likeness (QED) is 0.225. The van der Waals surface area contributed by atoms with Crippen molar-refractivity contribution in [3.8, 4) is 0 Å². The highest BCUT2D eigenvalue weighted by molar-refractivity contribution is 8.00. The van der Waals surface area contributed by atoms with Crippen LogP contribution in [0.15, 0.2) is 0 Å². The number of ether oxygens (including phenoxy) is 1. The number of hydrogen-bond donors (Lipinski definition) is 5. The third-order valence-electron chi connectivity index (χ3n) is 9.15. The van der Waals surface area contributed by atoms with E-state index in [1.54, 1.807) is 23.8 Å². The summed E-state index contributed by atoms with van der Waals surface area (Å²) < 4.78 is 46.2. The van der Waals surface area contributed by atoms with Crippen LogP contribution in [0.25, 0.3) is 0 Å². The summed E-state index contributed by atoms with van der Waals surface area (Å²) in [4.78, 5) is 28.1. The summed E-state index contributed by atoms with van der Waals surface area (Å²) in [5.74, 6) is -1.39. The molecule has 39 heavy (non-hydrogen) atoms. The van der Waals surface area contributed by atoms with E-state index in [-0.39, 0.29) is 70.9 Å². The molecule has 0 radical (unpaired) electrons. The molecular formula is C25H40ClF3N6O3S. The van der Waals surface area contributed by atoms with Crippen LogP contribution in [0.2, 0.25) is 0 Å². The van der Waals surface area contributed by atoms with Crippen LogP contribution in [-0.2, 0) is 14.3 Å². The van der Waals surface area contributed by atoms with Crippen molar-refractivity contribution in [1.29, 1.82) is 0 Å². The molecule has 0 aromatic heterocycles. The second-order valence-electron chi connectivity index (χ2n) is 11.7. The van der Waals surface area contributed by atoms with Crippen LogP contribution in [-0.4, -0.2) is 110 Å². The van der Waals surface area contributed by atoms with Crippen LogP contribution in [0.1, 0.15) is 26.2 Å². The lowest BCUT2D eigenvalue weighted by Crippen LogP contribution is -2.58. The van der Waals surface area contributed by atoms with Crippen molar-refractivity contribution >= 4 is 35.2 Å². The first-order valence-corrected chi connectivity index (χ1v) is 15.3. The molecule has 0 aromatic rings. The van der Waals surface area contributed by atoms with Gasteiger partial charge in [-0.2, -0.15) is 0 Å². The summed E-state index contributed by atoms with van der Waals surface area (Å²) in [5, 5.41) is 16.1. The Labute approximate surface area is 236 Å². The smallest absolute Gasteiger partial charge is 0.242 e. The van der Waals surface area contributed by atoms with E-state index < -0.39 is 24.6 Å². The average Bonchev–Trinajstić information content (AvgIpc) is 3.47. The van der Waals surface area contributed by atoms with Crippen molar-refractivity contribution < 1.29 is 27.5 Å². The molecule has 5 heterocycles. The normalized spacial score (nSPS) is 44.8. The number of carbonyl (C=O) groups is 2. The Morgan fingerprint density at radius 1 is 1.08 bits per heavy atom. The van der Waals surface area contributed by atoms with Gasteiger partial charge in [0.2, 0.25) is 18.2 Å². The Balaban J connectivity index is 1.14. The van der Waals surface area contributed by atoms with Gasteiger partial charge in [-0.1, -0.05) is 0 Å². The molecule has 9 nitrogen and oxygen atoms in total. The first-order valence-electron chi connectivity index (χ1n) is 13.9. The zero-order chi connectivity index (χ0) is 27.8. The van der Waals surface area contributed by atoms with Crippen molar-refractivity contribution in [1.82, 2.24) is 31.5 Å². The lowest BCUT2D eigenvalue weighted by atomic mass is 9.70. The Kier molecular flexibility index (Phi) is 9.57. The van der Waals surface area contributed by atoms with Gasteiger partial charge in [0.15, 0.2) is 0 Å². The van der Waals surface area contributed by atoms with Gasteiger partial charge in [-0.3, -0.25) is 20.2 Å². The third kappa shape index (κ3) is 6.49. The van der Waals surface area contributed by atoms with Gasteiger partial charge in [0.25, 0.3) is 0 Å². The highest BCUT2D eigenvalue weighted by atomic mass is 35.5. The summed E-state index contributed by atoms with van der Waals surface area (Å²) in [6.07, 6.45) is -2.95. The van der Waals surface area contributed by atoms with Crippen LogP contribution < -0.4 is 26.6 Å². The predicted molar refractivity (Wildman–Crippen MR) is 143 cm³/mol. The Morgan fingerprint density at radius 3 is 2.56 bits per heavy atom. The molecule has 0 saturated carbocycles. The number of methoxy groups -OCH3 is 1. The maximum absolute atomic E-state index is 14.6. The third-order valence-corrected chi connectivity index (χ3v) is 10.8. The number of likely N-dealkylation sites (tertiary alicyclic amines) is 1. The number of alkyl halides is 4. The fourth-order valence-electron chi connectivity index (χ4n) is 6.99. The zero-order valence-electron chi connectivity index (χ0n) is 22.3. The molecule has 5 N–H and O–H groups in total. The molecule has 5 aliphatic rings. The molecule has 5 fully saturated rings. The minimum absolute atomic E-state index is 0.00344. The van der Waals surface area contributed by atoms with E-state index in [1.807, 2.05) is 0 Å². The highest BCUT2D eigenvalue weighted by Gasteiger charge is 2.48. The molecule has 12 atom stereocenters. The molecule has 5 saturated heterocycles. The van der Waals surface area contributed by atoms with Gasteiger partial charge in [-0.05, 0) is 38.0 Å². The fourth-order valence-corrected chi connectivity index (χ4v) is 8.69. The SMILES string of the molecule is COC1CNC(Cl)CC1C1CC(C)NCC1C(=O)NC1NC2CN(C(=O)C3NCC(C(F)F)CC3F)CC2S1. The van der Waals surface area contributed by atoms with E-state index in [4.69, 9.17) is 16.3 Å². The number of rotatable bonds is 6. The first kappa shape index (κ1) is 29.7. The number of carbonyl (C=O) groups excluding carboxylic acids is 2. The molecular weight excluding hydrogens is 557 g/mol. The van der Waals surface area contributed by atoms with Gasteiger partial charge in [-0.15, -0.1) is 23.4 Å². The van der Waals surface area contributed by atoms with E-state index in [9.17, 15) is 22.8 Å². The van der Waals surface area contributed by atoms with E-state index in [0.29, 0.717) is 32.2 Å². The van der Waals surface area contributed by atoms with Crippen molar-refractivity contribution in [2.45, 2.75) is 79.3 Å². The number of nitrogens with zero attached hydrogens (tertiary/aromatic N) is 1. The van der Waals surface area contributed by atoms with Crippen molar-refractivity contribution in [2.75, 3.05) is 39.8 Å². The topological polar surface area (TPSA) is 107 Å². The molecule has 0 bridgehead atoms. The van der Waals surface area contributed by atoms with Crippen LogP contribution in [0.4, 0.5) is 13.2 Å². The number of amides is 2. The van der Waals surface area contributed by atoms with Crippen LogP contribution >= 0.6 is 23.4 Å². The molecule has 0 spiro atoms. The van der Waals surface area contributed by atoms with Crippen molar-refractivity contribution in [3.63, 3.8) is 0 Å². The molecule has 222 valence electrons. The van der Waals surface area contributed by atoms with Gasteiger partial charge in [-0.25, -0.2) is 13.2 Å². The molecule has 5 aliphatic heterocycles. The standard InChI is InChI=1S/C25H40ClF3N6O3S/c1-11-3-13(14-5-20(26)31-8-18(14)38-2)15(7-30-11)23(36)34-25-33-17-9-35(10-19(17)39-25)24(37)21-16(27)4-12(6-32-21)22(28)29/h11-22,25,30-33H,3-10H2,1-2H3,(H,34,36). The second-order valence-corrected chi connectivity index (χ2v) is 13.6. The van der Waals surface area contributed by atoms with E-state index in [0.717, 1.165) is 12.8 Å². The second kappa shape index (κ2) is 12.6. The first-order chi connectivity index (χ1) is 18.6. The predicted octanol–water partition coefficient (Wildman–Crippen LogP) is 0.687. The van der Waals surface area contributed by atoms with E-state index in [2.05, 4.69) is 33.5 Å². The number of nitrogens with one attached hydrogen (secondary N) is 5. The molecule has 0 aliphatic carbocycles.